The summed E-state index contributed by atoms with van der Waals surface area (Å²) >= 11 is 1.71. The molecule has 2 aromatic carbocycles. The van der Waals surface area contributed by atoms with E-state index in [1.54, 1.807) is 16.2 Å². The summed E-state index contributed by atoms with van der Waals surface area (Å²) in [5, 5.41) is 3.73. The van der Waals surface area contributed by atoms with E-state index in [1.165, 1.54) is 43.1 Å². The highest BCUT2D eigenvalue weighted by atomic mass is 32.2. The first-order valence-corrected chi connectivity index (χ1v) is 13.0. The van der Waals surface area contributed by atoms with Crippen LogP contribution in [0.15, 0.2) is 53.4 Å². The highest BCUT2D eigenvalue weighted by Crippen LogP contribution is 2.33. The van der Waals surface area contributed by atoms with Crippen LogP contribution in [-0.4, -0.2) is 68.2 Å². The van der Waals surface area contributed by atoms with Crippen LogP contribution in [0.25, 0.3) is 10.2 Å². The van der Waals surface area contributed by atoms with Crippen molar-refractivity contribution in [3.05, 3.63) is 59.1 Å². The molecule has 2 heterocycles. The first-order valence-electron chi connectivity index (χ1n) is 10.7. The fourth-order valence-corrected chi connectivity index (χ4v) is 5.90. The number of sulfonamides is 1. The summed E-state index contributed by atoms with van der Waals surface area (Å²) in [6, 6.07) is 13.9. The zero-order valence-corrected chi connectivity index (χ0v) is 20.2. The monoisotopic (exact) mass is 486 g/mol. The maximum Gasteiger partial charge on any atom is 0.251 e. The van der Waals surface area contributed by atoms with Crippen LogP contribution in [0.5, 0.6) is 0 Å². The summed E-state index contributed by atoms with van der Waals surface area (Å²) in [6.07, 6.45) is 1.67. The van der Waals surface area contributed by atoms with Gasteiger partial charge in [0.05, 0.1) is 26.7 Å². The maximum atomic E-state index is 12.6. The largest absolute Gasteiger partial charge is 0.343 e. The minimum Gasteiger partial charge on any atom is -0.343 e. The number of likely N-dealkylation sites (tertiary alicyclic amines) is 1. The molecule has 8 nitrogen and oxygen atoms in total. The molecular formula is C23H26N4O4S2. The third-order valence-corrected chi connectivity index (χ3v) is 8.79. The molecule has 0 spiro atoms. The van der Waals surface area contributed by atoms with Crippen molar-refractivity contribution in [3.8, 4) is 0 Å². The summed E-state index contributed by atoms with van der Waals surface area (Å²) < 4.78 is 26.8. The lowest BCUT2D eigenvalue weighted by Crippen LogP contribution is -2.43. The molecular weight excluding hydrogens is 460 g/mol. The number of hydrogen-bond acceptors (Lipinski definition) is 6. The van der Waals surface area contributed by atoms with E-state index in [2.05, 4.69) is 11.4 Å². The van der Waals surface area contributed by atoms with E-state index < -0.39 is 15.9 Å². The van der Waals surface area contributed by atoms with Crippen molar-refractivity contribution in [2.24, 2.45) is 0 Å². The number of benzene rings is 2. The summed E-state index contributed by atoms with van der Waals surface area (Å²) in [4.78, 5) is 31.7. The Morgan fingerprint density at radius 2 is 1.85 bits per heavy atom. The van der Waals surface area contributed by atoms with Crippen molar-refractivity contribution in [3.63, 3.8) is 0 Å². The third kappa shape index (κ3) is 5.07. The number of para-hydroxylation sites is 1. The number of rotatable bonds is 6. The fraction of sp³-hybridized carbons (Fsp3) is 0.348. The van der Waals surface area contributed by atoms with Gasteiger partial charge in [0.1, 0.15) is 0 Å². The third-order valence-electron chi connectivity index (χ3n) is 5.78. The van der Waals surface area contributed by atoms with Crippen molar-refractivity contribution in [1.82, 2.24) is 19.5 Å². The zero-order chi connectivity index (χ0) is 23.6. The van der Waals surface area contributed by atoms with Crippen molar-refractivity contribution >= 4 is 43.4 Å². The van der Waals surface area contributed by atoms with E-state index in [0.717, 1.165) is 27.7 Å². The van der Waals surface area contributed by atoms with Crippen LogP contribution in [-0.2, 0) is 14.8 Å². The van der Waals surface area contributed by atoms with Gasteiger partial charge in [-0.25, -0.2) is 17.7 Å². The van der Waals surface area contributed by atoms with E-state index in [9.17, 15) is 18.0 Å². The summed E-state index contributed by atoms with van der Waals surface area (Å²) in [6.45, 7) is 1.10. The highest BCUT2D eigenvalue weighted by Gasteiger charge is 2.26. The lowest BCUT2D eigenvalue weighted by Gasteiger charge is -2.31. The van der Waals surface area contributed by atoms with E-state index >= 15 is 0 Å². The van der Waals surface area contributed by atoms with Crippen LogP contribution in [0.1, 0.15) is 34.1 Å². The Bertz CT molecular complexity index is 1250. The second kappa shape index (κ2) is 9.58. The Balaban J connectivity index is 1.31. The average Bonchev–Trinajstić information content (AvgIpc) is 3.27. The van der Waals surface area contributed by atoms with Crippen LogP contribution in [0, 0.1) is 0 Å². The van der Waals surface area contributed by atoms with Gasteiger partial charge in [-0.05, 0) is 43.2 Å². The Kier molecular flexibility index (Phi) is 6.78. The lowest BCUT2D eigenvalue weighted by molar-refractivity contribution is -0.131. The molecule has 0 atom stereocenters. The predicted molar refractivity (Wildman–Crippen MR) is 128 cm³/mol. The minimum atomic E-state index is -3.64. The molecule has 0 radical (unpaired) electrons. The van der Waals surface area contributed by atoms with Gasteiger partial charge in [-0.15, -0.1) is 11.3 Å². The molecule has 0 aliphatic carbocycles. The number of carbonyl (C=O) groups excluding carboxylic acids is 2. The second-order valence-electron chi connectivity index (χ2n) is 8.17. The van der Waals surface area contributed by atoms with Gasteiger partial charge in [-0.1, -0.05) is 18.2 Å². The Labute approximate surface area is 197 Å². The van der Waals surface area contributed by atoms with Gasteiger partial charge in [0.25, 0.3) is 5.91 Å². The minimum absolute atomic E-state index is 0.0309. The molecule has 0 unspecified atom stereocenters. The molecule has 1 aromatic heterocycles. The molecule has 4 rings (SSSR count). The second-order valence-corrected chi connectivity index (χ2v) is 11.4. The number of carbonyl (C=O) groups is 2. The molecule has 174 valence electrons. The molecule has 1 fully saturated rings. The van der Waals surface area contributed by atoms with Crippen molar-refractivity contribution in [2.45, 2.75) is 23.7 Å². The van der Waals surface area contributed by atoms with Gasteiger partial charge in [0.15, 0.2) is 0 Å². The quantitative estimate of drug-likeness (QED) is 0.578. The van der Waals surface area contributed by atoms with E-state index in [1.807, 2.05) is 18.2 Å². The molecule has 1 aliphatic rings. The standard InChI is InChI=1S/C23H26N4O4S2/c1-26(2)33(30,31)18-7-5-6-17(14-18)22(29)24-15-21(28)27-12-10-16(11-13-27)23-25-19-8-3-4-9-20(19)32-23/h3-9,14,16H,10-13,15H2,1-2H3,(H,24,29). The molecule has 0 saturated carbocycles. The zero-order valence-electron chi connectivity index (χ0n) is 18.5. The van der Waals surface area contributed by atoms with Crippen LogP contribution in [0.3, 0.4) is 0 Å². The number of fused-ring (bicyclic) bond motifs is 1. The van der Waals surface area contributed by atoms with Gasteiger partial charge < -0.3 is 10.2 Å². The summed E-state index contributed by atoms with van der Waals surface area (Å²) in [7, 11) is -0.782. The van der Waals surface area contributed by atoms with Crippen molar-refractivity contribution < 1.29 is 18.0 Å². The van der Waals surface area contributed by atoms with Gasteiger partial charge in [0.2, 0.25) is 15.9 Å². The predicted octanol–water partition coefficient (Wildman–Crippen LogP) is 2.68. The molecule has 1 aliphatic heterocycles. The van der Waals surface area contributed by atoms with Crippen molar-refractivity contribution in [2.75, 3.05) is 33.7 Å². The fourth-order valence-electron chi connectivity index (χ4n) is 3.82. The summed E-state index contributed by atoms with van der Waals surface area (Å²) in [5.41, 5.74) is 1.21. The van der Waals surface area contributed by atoms with Gasteiger partial charge >= 0.3 is 0 Å². The smallest absolute Gasteiger partial charge is 0.251 e. The number of piperidine rings is 1. The Morgan fingerprint density at radius 1 is 1.12 bits per heavy atom. The number of nitrogens with zero attached hydrogens (tertiary/aromatic N) is 3. The SMILES string of the molecule is CN(C)S(=O)(=O)c1cccc(C(=O)NCC(=O)N2CCC(c3nc4ccccc4s3)CC2)c1. The van der Waals surface area contributed by atoms with Gasteiger partial charge in [0, 0.05) is 38.7 Å². The van der Waals surface area contributed by atoms with E-state index in [-0.39, 0.29) is 22.9 Å². The van der Waals surface area contributed by atoms with Crippen molar-refractivity contribution in [1.29, 1.82) is 0 Å². The van der Waals surface area contributed by atoms with Crippen LogP contribution >= 0.6 is 11.3 Å². The first-order chi connectivity index (χ1) is 15.8. The number of hydrogen-bond donors (Lipinski definition) is 1. The number of nitrogens with one attached hydrogen (secondary N) is 1. The topological polar surface area (TPSA) is 99.7 Å². The Hall–Kier alpha value is -2.82. The molecule has 2 amide bonds. The number of thiazole rings is 1. The molecule has 10 heteroatoms. The molecule has 3 aromatic rings. The Morgan fingerprint density at radius 3 is 2.55 bits per heavy atom. The average molecular weight is 487 g/mol. The lowest BCUT2D eigenvalue weighted by atomic mass is 9.97. The normalized spacial score (nSPS) is 15.2. The van der Waals surface area contributed by atoms with Crippen LogP contribution in [0.4, 0.5) is 0 Å². The number of aromatic nitrogens is 1. The highest BCUT2D eigenvalue weighted by molar-refractivity contribution is 7.89. The van der Waals surface area contributed by atoms with Crippen LogP contribution < -0.4 is 5.32 Å². The first kappa shape index (κ1) is 23.3. The van der Waals surface area contributed by atoms with Gasteiger partial charge in [-0.2, -0.15) is 0 Å². The van der Waals surface area contributed by atoms with E-state index in [4.69, 9.17) is 4.98 Å². The van der Waals surface area contributed by atoms with Gasteiger partial charge in [-0.3, -0.25) is 9.59 Å². The summed E-state index contributed by atoms with van der Waals surface area (Å²) in [5.74, 6) is -0.297. The molecule has 1 saturated heterocycles. The number of amides is 2. The van der Waals surface area contributed by atoms with E-state index in [0.29, 0.717) is 19.0 Å². The maximum absolute atomic E-state index is 12.6. The molecule has 33 heavy (non-hydrogen) atoms. The molecule has 0 bridgehead atoms. The van der Waals surface area contributed by atoms with Crippen LogP contribution in [0.2, 0.25) is 0 Å². The molecule has 1 N–H and O–H groups in total.